The molecule has 88 valence electrons. The number of nitrogen functional groups attached to an aromatic ring is 1. The minimum absolute atomic E-state index is 0.00778. The zero-order valence-electron chi connectivity index (χ0n) is 9.47. The number of anilines is 2. The van der Waals surface area contributed by atoms with Gasteiger partial charge in [-0.15, -0.1) is 0 Å². The summed E-state index contributed by atoms with van der Waals surface area (Å²) >= 11 is 0. The van der Waals surface area contributed by atoms with E-state index in [0.29, 0.717) is 5.82 Å². The highest BCUT2D eigenvalue weighted by Crippen LogP contribution is 2.16. The Balaban J connectivity index is 2.17. The lowest BCUT2D eigenvalue weighted by Gasteiger charge is -2.14. The van der Waals surface area contributed by atoms with Gasteiger partial charge in [0.2, 0.25) is 0 Å². The van der Waals surface area contributed by atoms with E-state index in [1.54, 1.807) is 6.20 Å². The van der Waals surface area contributed by atoms with Crippen molar-refractivity contribution in [2.45, 2.75) is 13.0 Å². The van der Waals surface area contributed by atoms with Gasteiger partial charge >= 0.3 is 0 Å². The molecular weight excluding hydrogens is 216 g/mol. The molecular formula is C12H14N4O. The first-order chi connectivity index (χ1) is 8.16. The van der Waals surface area contributed by atoms with Gasteiger partial charge in [0.15, 0.2) is 5.82 Å². The van der Waals surface area contributed by atoms with Crippen LogP contribution in [0.5, 0.6) is 0 Å². The Morgan fingerprint density at radius 1 is 1.35 bits per heavy atom. The molecule has 1 unspecified atom stereocenters. The topological polar surface area (TPSA) is 83.8 Å². The molecule has 0 spiro atoms. The summed E-state index contributed by atoms with van der Waals surface area (Å²) in [7, 11) is 0. The van der Waals surface area contributed by atoms with Crippen LogP contribution in [0.3, 0.4) is 0 Å². The molecule has 0 fully saturated rings. The number of aromatic nitrogens is 2. The van der Waals surface area contributed by atoms with Crippen LogP contribution in [0, 0.1) is 0 Å². The molecule has 17 heavy (non-hydrogen) atoms. The van der Waals surface area contributed by atoms with Crippen LogP contribution in [-0.4, -0.2) is 9.97 Å². The van der Waals surface area contributed by atoms with Crippen molar-refractivity contribution in [1.82, 2.24) is 9.97 Å². The van der Waals surface area contributed by atoms with Crippen LogP contribution < -0.4 is 16.6 Å². The third-order valence-corrected chi connectivity index (χ3v) is 2.50. The van der Waals surface area contributed by atoms with Gasteiger partial charge in [0, 0.05) is 18.1 Å². The van der Waals surface area contributed by atoms with E-state index in [9.17, 15) is 4.79 Å². The van der Waals surface area contributed by atoms with Crippen molar-refractivity contribution in [3.8, 4) is 0 Å². The molecule has 0 radical (unpaired) electrons. The van der Waals surface area contributed by atoms with Crippen molar-refractivity contribution in [2.24, 2.45) is 0 Å². The number of benzene rings is 1. The monoisotopic (exact) mass is 230 g/mol. The molecule has 0 aliphatic rings. The third kappa shape index (κ3) is 2.63. The Morgan fingerprint density at radius 3 is 2.71 bits per heavy atom. The molecule has 1 aromatic heterocycles. The van der Waals surface area contributed by atoms with Crippen LogP contribution in [0.1, 0.15) is 18.5 Å². The minimum Gasteiger partial charge on any atom is -0.399 e. The standard InChI is InChI=1S/C12H14N4O/c1-8(9-2-4-10(13)5-3-9)16-11-12(17)15-7-6-14-11/h2-8H,13H2,1H3,(H,14,16)(H,15,17). The molecule has 5 nitrogen and oxygen atoms in total. The maximum absolute atomic E-state index is 11.4. The van der Waals surface area contributed by atoms with Gasteiger partial charge in [-0.05, 0) is 24.6 Å². The second-order valence-corrected chi connectivity index (χ2v) is 3.80. The zero-order chi connectivity index (χ0) is 12.3. The van der Waals surface area contributed by atoms with Gasteiger partial charge in [0.25, 0.3) is 5.56 Å². The number of hydrogen-bond acceptors (Lipinski definition) is 4. The number of H-pyrrole nitrogens is 1. The number of nitrogens with one attached hydrogen (secondary N) is 2. The molecule has 1 atom stereocenters. The fraction of sp³-hybridized carbons (Fsp3) is 0.167. The van der Waals surface area contributed by atoms with E-state index in [0.717, 1.165) is 11.3 Å². The number of nitrogens with two attached hydrogens (primary N) is 1. The average Bonchev–Trinajstić information content (AvgIpc) is 2.33. The molecule has 1 aromatic carbocycles. The molecule has 2 aromatic rings. The molecule has 0 saturated carbocycles. The molecule has 0 aliphatic heterocycles. The molecule has 2 rings (SSSR count). The van der Waals surface area contributed by atoms with E-state index in [-0.39, 0.29) is 11.6 Å². The summed E-state index contributed by atoms with van der Waals surface area (Å²) in [5.74, 6) is 0.317. The lowest BCUT2D eigenvalue weighted by molar-refractivity contribution is 0.866. The highest BCUT2D eigenvalue weighted by molar-refractivity contribution is 5.42. The summed E-state index contributed by atoms with van der Waals surface area (Å²) in [6.45, 7) is 1.96. The van der Waals surface area contributed by atoms with Gasteiger partial charge < -0.3 is 16.0 Å². The molecule has 1 heterocycles. The lowest BCUT2D eigenvalue weighted by Crippen LogP contribution is -2.17. The highest BCUT2D eigenvalue weighted by atomic mass is 16.1. The van der Waals surface area contributed by atoms with Crippen LogP contribution in [-0.2, 0) is 0 Å². The summed E-state index contributed by atoms with van der Waals surface area (Å²) in [6.07, 6.45) is 3.04. The molecule has 0 aliphatic carbocycles. The van der Waals surface area contributed by atoms with Gasteiger partial charge in [-0.3, -0.25) is 4.79 Å². The number of rotatable bonds is 3. The van der Waals surface area contributed by atoms with Crippen molar-refractivity contribution in [1.29, 1.82) is 0 Å². The van der Waals surface area contributed by atoms with E-state index in [4.69, 9.17) is 5.73 Å². The van der Waals surface area contributed by atoms with Crippen LogP contribution in [0.4, 0.5) is 11.5 Å². The molecule has 0 saturated heterocycles. The van der Waals surface area contributed by atoms with Gasteiger partial charge in [0.05, 0.1) is 6.04 Å². The van der Waals surface area contributed by atoms with Crippen molar-refractivity contribution < 1.29 is 0 Å². The van der Waals surface area contributed by atoms with E-state index in [1.807, 2.05) is 31.2 Å². The first-order valence-corrected chi connectivity index (χ1v) is 5.32. The molecule has 0 bridgehead atoms. The molecule has 5 heteroatoms. The van der Waals surface area contributed by atoms with Gasteiger partial charge in [-0.1, -0.05) is 12.1 Å². The van der Waals surface area contributed by atoms with Crippen LogP contribution in [0.2, 0.25) is 0 Å². The highest BCUT2D eigenvalue weighted by Gasteiger charge is 2.07. The predicted molar refractivity (Wildman–Crippen MR) is 67.7 cm³/mol. The largest absolute Gasteiger partial charge is 0.399 e. The molecule has 4 N–H and O–H groups in total. The minimum atomic E-state index is -0.227. The average molecular weight is 230 g/mol. The van der Waals surface area contributed by atoms with Gasteiger partial charge in [0.1, 0.15) is 0 Å². The molecule has 0 amide bonds. The Hall–Kier alpha value is -2.30. The predicted octanol–water partition coefficient (Wildman–Crippen LogP) is 1.53. The van der Waals surface area contributed by atoms with Gasteiger partial charge in [-0.25, -0.2) is 4.98 Å². The van der Waals surface area contributed by atoms with E-state index >= 15 is 0 Å². The van der Waals surface area contributed by atoms with Crippen LogP contribution in [0.15, 0.2) is 41.5 Å². The van der Waals surface area contributed by atoms with Crippen molar-refractivity contribution in [3.63, 3.8) is 0 Å². The first kappa shape index (κ1) is 11.2. The van der Waals surface area contributed by atoms with Crippen molar-refractivity contribution >= 4 is 11.5 Å². The fourth-order valence-corrected chi connectivity index (χ4v) is 1.53. The van der Waals surface area contributed by atoms with E-state index in [2.05, 4.69) is 15.3 Å². The Bertz CT molecular complexity index is 547. The Kier molecular flexibility index (Phi) is 3.09. The SMILES string of the molecule is CC(Nc1ncc[nH]c1=O)c1ccc(N)cc1. The Morgan fingerprint density at radius 2 is 2.06 bits per heavy atom. The van der Waals surface area contributed by atoms with Crippen LogP contribution >= 0.6 is 0 Å². The second-order valence-electron chi connectivity index (χ2n) is 3.80. The summed E-state index contributed by atoms with van der Waals surface area (Å²) < 4.78 is 0. The van der Waals surface area contributed by atoms with Crippen molar-refractivity contribution in [2.75, 3.05) is 11.1 Å². The number of aromatic amines is 1. The Labute approximate surface area is 98.7 Å². The number of hydrogen-bond donors (Lipinski definition) is 3. The smallest absolute Gasteiger partial charge is 0.290 e. The maximum atomic E-state index is 11.4. The normalized spacial score (nSPS) is 12.1. The second kappa shape index (κ2) is 4.69. The van der Waals surface area contributed by atoms with Crippen LogP contribution in [0.25, 0.3) is 0 Å². The summed E-state index contributed by atoms with van der Waals surface area (Å²) in [4.78, 5) is 18.0. The lowest BCUT2D eigenvalue weighted by atomic mass is 10.1. The van der Waals surface area contributed by atoms with E-state index in [1.165, 1.54) is 6.20 Å². The summed E-state index contributed by atoms with van der Waals surface area (Å²) in [5.41, 5.74) is 7.15. The first-order valence-electron chi connectivity index (χ1n) is 5.32. The van der Waals surface area contributed by atoms with Gasteiger partial charge in [-0.2, -0.15) is 0 Å². The van der Waals surface area contributed by atoms with Crippen molar-refractivity contribution in [3.05, 3.63) is 52.6 Å². The van der Waals surface area contributed by atoms with E-state index < -0.39 is 0 Å². The zero-order valence-corrected chi connectivity index (χ0v) is 9.47. The fourth-order valence-electron chi connectivity index (χ4n) is 1.53. The third-order valence-electron chi connectivity index (χ3n) is 2.50. The maximum Gasteiger partial charge on any atom is 0.290 e. The summed E-state index contributed by atoms with van der Waals surface area (Å²) in [5, 5.41) is 3.05. The quantitative estimate of drug-likeness (QED) is 0.698. The number of nitrogens with zero attached hydrogens (tertiary/aromatic N) is 1. The summed E-state index contributed by atoms with van der Waals surface area (Å²) in [6, 6.07) is 7.49.